The maximum atomic E-state index is 13.1. The van der Waals surface area contributed by atoms with Crippen molar-refractivity contribution in [2.75, 3.05) is 0 Å². The first-order valence-electron chi connectivity index (χ1n) is 5.59. The van der Waals surface area contributed by atoms with Crippen LogP contribution in [0.15, 0.2) is 47.2 Å². The van der Waals surface area contributed by atoms with Crippen LogP contribution in [0.5, 0.6) is 0 Å². The molecule has 0 fully saturated rings. The molecule has 0 saturated carbocycles. The molecule has 3 aromatic rings. The minimum atomic E-state index is -4.42. The Morgan fingerprint density at radius 2 is 1.85 bits per heavy atom. The number of thiophene rings is 1. The third-order valence-corrected chi connectivity index (χ3v) is 3.81. The highest BCUT2D eigenvalue weighted by Crippen LogP contribution is 2.45. The van der Waals surface area contributed by atoms with Gasteiger partial charge in [0.2, 0.25) is 0 Å². The number of nitrogens with zero attached hydrogens (tertiary/aromatic N) is 2. The minimum absolute atomic E-state index is 0.0858. The van der Waals surface area contributed by atoms with Crippen LogP contribution in [-0.4, -0.2) is 10.1 Å². The quantitative estimate of drug-likeness (QED) is 0.699. The van der Waals surface area contributed by atoms with Gasteiger partial charge in [-0.05, 0) is 11.6 Å². The van der Waals surface area contributed by atoms with Crippen molar-refractivity contribution in [3.8, 4) is 21.9 Å². The largest absolute Gasteiger partial charge is 0.426 e. The third kappa shape index (κ3) is 2.32. The van der Waals surface area contributed by atoms with Crippen molar-refractivity contribution < 1.29 is 17.7 Å². The maximum Gasteiger partial charge on any atom is 0.426 e. The highest BCUT2D eigenvalue weighted by molar-refractivity contribution is 7.16. The summed E-state index contributed by atoms with van der Waals surface area (Å²) in [6.45, 7) is 0. The first kappa shape index (κ1) is 12.9. The first-order valence-corrected chi connectivity index (χ1v) is 6.41. The van der Waals surface area contributed by atoms with Crippen LogP contribution in [0.2, 0.25) is 0 Å². The Morgan fingerprint density at radius 1 is 1.10 bits per heavy atom. The molecular formula is C13H7F3N2OS. The summed E-state index contributed by atoms with van der Waals surface area (Å²) in [6.07, 6.45) is -3.27. The second-order valence-corrected chi connectivity index (χ2v) is 5.02. The van der Waals surface area contributed by atoms with Gasteiger partial charge in [0.25, 0.3) is 5.89 Å². The van der Waals surface area contributed by atoms with Crippen molar-refractivity contribution in [2.24, 2.45) is 0 Å². The van der Waals surface area contributed by atoms with Gasteiger partial charge in [0.15, 0.2) is 6.33 Å². The molecule has 0 saturated heterocycles. The molecule has 7 heteroatoms. The van der Waals surface area contributed by atoms with Crippen molar-refractivity contribution in [1.29, 1.82) is 0 Å². The van der Waals surface area contributed by atoms with Crippen LogP contribution < -0.4 is 0 Å². The second-order valence-electron chi connectivity index (χ2n) is 3.96. The van der Waals surface area contributed by atoms with Gasteiger partial charge in [-0.25, -0.2) is 0 Å². The number of hydrogen-bond acceptors (Lipinski definition) is 4. The van der Waals surface area contributed by atoms with Crippen LogP contribution in [-0.2, 0) is 6.18 Å². The number of alkyl halides is 3. The average molecular weight is 296 g/mol. The summed E-state index contributed by atoms with van der Waals surface area (Å²) in [4.78, 5) is 3.41. The van der Waals surface area contributed by atoms with E-state index in [2.05, 4.69) is 10.1 Å². The predicted molar refractivity (Wildman–Crippen MR) is 68.0 cm³/mol. The summed E-state index contributed by atoms with van der Waals surface area (Å²) in [6, 6.07) is 9.83. The Kier molecular flexibility index (Phi) is 3.06. The van der Waals surface area contributed by atoms with Crippen molar-refractivity contribution in [1.82, 2.24) is 10.1 Å². The Balaban J connectivity index is 2.18. The van der Waals surface area contributed by atoms with E-state index < -0.39 is 11.1 Å². The van der Waals surface area contributed by atoms with Gasteiger partial charge >= 0.3 is 6.18 Å². The predicted octanol–water partition coefficient (Wildman–Crippen LogP) is 4.48. The molecule has 0 atom stereocenters. The summed E-state index contributed by atoms with van der Waals surface area (Å²) in [7, 11) is 0. The Bertz CT molecular complexity index is 705. The first-order chi connectivity index (χ1) is 9.55. The maximum absolute atomic E-state index is 13.1. The fraction of sp³-hybridized carbons (Fsp3) is 0.0769. The van der Waals surface area contributed by atoms with Crippen LogP contribution in [0, 0.1) is 0 Å². The molecule has 0 radical (unpaired) electrons. The lowest BCUT2D eigenvalue weighted by atomic mass is 10.1. The molecule has 0 spiro atoms. The van der Waals surface area contributed by atoms with E-state index >= 15 is 0 Å². The van der Waals surface area contributed by atoms with E-state index in [1.54, 1.807) is 30.3 Å². The van der Waals surface area contributed by atoms with Crippen LogP contribution >= 0.6 is 11.3 Å². The summed E-state index contributed by atoms with van der Waals surface area (Å²) >= 11 is 0.598. The fourth-order valence-corrected chi connectivity index (χ4v) is 2.80. The van der Waals surface area contributed by atoms with Gasteiger partial charge in [-0.2, -0.15) is 18.2 Å². The summed E-state index contributed by atoms with van der Waals surface area (Å²) < 4.78 is 44.2. The van der Waals surface area contributed by atoms with Gasteiger partial charge in [0.1, 0.15) is 4.88 Å². The van der Waals surface area contributed by atoms with E-state index in [-0.39, 0.29) is 11.5 Å². The lowest BCUT2D eigenvalue weighted by Gasteiger charge is -2.07. The molecule has 0 aliphatic carbocycles. The van der Waals surface area contributed by atoms with Gasteiger partial charge < -0.3 is 4.52 Å². The zero-order valence-corrected chi connectivity index (χ0v) is 10.7. The van der Waals surface area contributed by atoms with E-state index in [0.717, 1.165) is 6.33 Å². The standard InChI is InChI=1S/C13H7F3N2OS/c14-13(15,16)11-9(8-4-2-1-3-5-8)6-10(20-11)12-17-7-18-19-12/h1-7H. The highest BCUT2D eigenvalue weighted by Gasteiger charge is 2.37. The molecule has 0 bridgehead atoms. The Morgan fingerprint density at radius 3 is 2.45 bits per heavy atom. The van der Waals surface area contributed by atoms with Crippen LogP contribution in [0.3, 0.4) is 0 Å². The lowest BCUT2D eigenvalue weighted by molar-refractivity contribution is -0.133. The molecule has 3 nitrogen and oxygen atoms in total. The summed E-state index contributed by atoms with van der Waals surface area (Å²) in [5, 5.41) is 3.41. The second kappa shape index (κ2) is 4.75. The molecular weight excluding hydrogens is 289 g/mol. The van der Waals surface area contributed by atoms with Crippen LogP contribution in [0.1, 0.15) is 4.88 Å². The molecule has 1 aromatic carbocycles. The molecule has 102 valence electrons. The zero-order chi connectivity index (χ0) is 14.2. The molecule has 0 amide bonds. The number of benzene rings is 1. The van der Waals surface area contributed by atoms with Gasteiger partial charge in [0, 0.05) is 5.56 Å². The molecule has 2 aromatic heterocycles. The van der Waals surface area contributed by atoms with Gasteiger partial charge in [0.05, 0.1) is 4.88 Å². The highest BCUT2D eigenvalue weighted by atomic mass is 32.1. The van der Waals surface area contributed by atoms with Crippen molar-refractivity contribution in [2.45, 2.75) is 6.18 Å². The van der Waals surface area contributed by atoms with E-state index in [4.69, 9.17) is 4.52 Å². The molecule has 20 heavy (non-hydrogen) atoms. The Labute approximate surface area is 115 Å². The molecule has 0 unspecified atom stereocenters. The minimum Gasteiger partial charge on any atom is -0.333 e. The third-order valence-electron chi connectivity index (χ3n) is 2.65. The molecule has 0 N–H and O–H groups in total. The Hall–Kier alpha value is -2.15. The fourth-order valence-electron chi connectivity index (χ4n) is 1.82. The number of hydrogen-bond donors (Lipinski definition) is 0. The monoisotopic (exact) mass is 296 g/mol. The van der Waals surface area contributed by atoms with Gasteiger partial charge in [-0.15, -0.1) is 11.3 Å². The SMILES string of the molecule is FC(F)(F)c1sc(-c2ncno2)cc1-c1ccccc1. The molecule has 3 rings (SSSR count). The van der Waals surface area contributed by atoms with E-state index in [1.807, 2.05) is 0 Å². The summed E-state index contributed by atoms with van der Waals surface area (Å²) in [5.41, 5.74) is 0.623. The van der Waals surface area contributed by atoms with E-state index in [0.29, 0.717) is 21.8 Å². The zero-order valence-electron chi connectivity index (χ0n) is 9.89. The van der Waals surface area contributed by atoms with E-state index in [9.17, 15) is 13.2 Å². The summed E-state index contributed by atoms with van der Waals surface area (Å²) in [5.74, 6) is 0.0858. The van der Waals surface area contributed by atoms with Crippen LogP contribution in [0.4, 0.5) is 13.2 Å². The van der Waals surface area contributed by atoms with Crippen molar-refractivity contribution in [3.63, 3.8) is 0 Å². The van der Waals surface area contributed by atoms with Crippen molar-refractivity contribution in [3.05, 3.63) is 47.6 Å². The smallest absolute Gasteiger partial charge is 0.333 e. The average Bonchev–Trinajstić information content (AvgIpc) is 3.08. The number of aromatic nitrogens is 2. The van der Waals surface area contributed by atoms with Gasteiger partial charge in [-0.3, -0.25) is 0 Å². The molecule has 2 heterocycles. The van der Waals surface area contributed by atoms with Gasteiger partial charge in [-0.1, -0.05) is 35.5 Å². The van der Waals surface area contributed by atoms with Crippen LogP contribution in [0.25, 0.3) is 21.9 Å². The van der Waals surface area contributed by atoms with Crippen molar-refractivity contribution >= 4 is 11.3 Å². The topological polar surface area (TPSA) is 38.9 Å². The number of rotatable bonds is 2. The van der Waals surface area contributed by atoms with E-state index in [1.165, 1.54) is 6.07 Å². The molecule has 0 aliphatic heterocycles. The molecule has 0 aliphatic rings. The lowest BCUT2D eigenvalue weighted by Crippen LogP contribution is -2.03. The normalized spacial score (nSPS) is 11.8. The number of halogens is 3.